The summed E-state index contributed by atoms with van der Waals surface area (Å²) < 4.78 is 0. The van der Waals surface area contributed by atoms with E-state index in [9.17, 15) is 4.79 Å². The molecule has 2 fully saturated rings. The van der Waals surface area contributed by atoms with E-state index in [1.54, 1.807) is 0 Å². The van der Waals surface area contributed by atoms with E-state index in [1.165, 1.54) is 0 Å². The second kappa shape index (κ2) is 6.15. The highest BCUT2D eigenvalue weighted by Crippen LogP contribution is 2.36. The van der Waals surface area contributed by atoms with Gasteiger partial charge in [-0.25, -0.2) is 0 Å². The Bertz CT molecular complexity index is 549. The van der Waals surface area contributed by atoms with E-state index < -0.39 is 0 Å². The standard InChI is InChI=1S/C16H20Cl2N2O/c1-10-8-19-9-12(10)16(21)20-6-2-3-15(20)11-4-5-13(17)14(18)7-11/h4-5,7,10,12,15,19H,2-3,6,8-9H2,1H3. The molecule has 114 valence electrons. The van der Waals surface area contributed by atoms with Crippen molar-refractivity contribution >= 4 is 29.1 Å². The summed E-state index contributed by atoms with van der Waals surface area (Å²) in [6.07, 6.45) is 2.05. The zero-order valence-corrected chi connectivity index (χ0v) is 13.6. The number of nitrogens with zero attached hydrogens (tertiary/aromatic N) is 1. The Hall–Kier alpha value is -0.770. The predicted molar refractivity (Wildman–Crippen MR) is 85.7 cm³/mol. The molecule has 2 aliphatic heterocycles. The van der Waals surface area contributed by atoms with Gasteiger partial charge in [0.05, 0.1) is 22.0 Å². The first-order valence-electron chi connectivity index (χ1n) is 7.54. The van der Waals surface area contributed by atoms with E-state index in [4.69, 9.17) is 23.2 Å². The lowest BCUT2D eigenvalue weighted by molar-refractivity contribution is -0.136. The van der Waals surface area contributed by atoms with Crippen molar-refractivity contribution < 1.29 is 4.79 Å². The maximum Gasteiger partial charge on any atom is 0.227 e. The highest BCUT2D eigenvalue weighted by Gasteiger charge is 2.38. The molecule has 0 spiro atoms. The summed E-state index contributed by atoms with van der Waals surface area (Å²) in [5.41, 5.74) is 1.09. The monoisotopic (exact) mass is 326 g/mol. The van der Waals surface area contributed by atoms with Crippen molar-refractivity contribution in [1.82, 2.24) is 10.2 Å². The third-order valence-electron chi connectivity index (χ3n) is 4.70. The number of amides is 1. The zero-order chi connectivity index (χ0) is 15.0. The molecule has 1 amide bonds. The van der Waals surface area contributed by atoms with Gasteiger partial charge in [0.2, 0.25) is 5.91 Å². The van der Waals surface area contributed by atoms with E-state index >= 15 is 0 Å². The summed E-state index contributed by atoms with van der Waals surface area (Å²) in [6.45, 7) is 4.71. The Labute approximate surface area is 135 Å². The Morgan fingerprint density at radius 2 is 2.10 bits per heavy atom. The van der Waals surface area contributed by atoms with Crippen LogP contribution in [0, 0.1) is 11.8 Å². The second-order valence-electron chi connectivity index (χ2n) is 6.11. The second-order valence-corrected chi connectivity index (χ2v) is 6.92. The minimum absolute atomic E-state index is 0.105. The van der Waals surface area contributed by atoms with Crippen molar-refractivity contribution in [2.75, 3.05) is 19.6 Å². The third kappa shape index (κ3) is 2.92. The summed E-state index contributed by atoms with van der Waals surface area (Å²) in [5.74, 6) is 0.794. The molecule has 5 heteroatoms. The van der Waals surface area contributed by atoms with Crippen molar-refractivity contribution in [3.05, 3.63) is 33.8 Å². The molecule has 3 nitrogen and oxygen atoms in total. The lowest BCUT2D eigenvalue weighted by atomic mass is 9.95. The van der Waals surface area contributed by atoms with E-state index in [-0.39, 0.29) is 17.9 Å². The molecule has 0 aromatic heterocycles. The molecule has 1 aromatic rings. The van der Waals surface area contributed by atoms with E-state index in [0.29, 0.717) is 16.0 Å². The fourth-order valence-corrected chi connectivity index (χ4v) is 3.76. The van der Waals surface area contributed by atoms with Crippen LogP contribution in [0.1, 0.15) is 31.4 Å². The highest BCUT2D eigenvalue weighted by molar-refractivity contribution is 6.42. The Morgan fingerprint density at radius 3 is 2.76 bits per heavy atom. The van der Waals surface area contributed by atoms with Crippen molar-refractivity contribution in [2.24, 2.45) is 11.8 Å². The minimum Gasteiger partial charge on any atom is -0.335 e. The molecular formula is C16H20Cl2N2O. The SMILES string of the molecule is CC1CNCC1C(=O)N1CCCC1c1ccc(Cl)c(Cl)c1. The average molecular weight is 327 g/mol. The Morgan fingerprint density at radius 1 is 1.29 bits per heavy atom. The number of hydrogen-bond acceptors (Lipinski definition) is 2. The molecular weight excluding hydrogens is 307 g/mol. The molecule has 0 aliphatic carbocycles. The summed E-state index contributed by atoms with van der Waals surface area (Å²) in [5, 5.41) is 4.43. The maximum absolute atomic E-state index is 12.8. The number of likely N-dealkylation sites (tertiary alicyclic amines) is 1. The molecule has 21 heavy (non-hydrogen) atoms. The first-order valence-corrected chi connectivity index (χ1v) is 8.29. The summed E-state index contributed by atoms with van der Waals surface area (Å²) in [4.78, 5) is 14.9. The van der Waals surface area contributed by atoms with Gasteiger partial charge >= 0.3 is 0 Å². The van der Waals surface area contributed by atoms with Gasteiger partial charge in [-0.3, -0.25) is 4.79 Å². The fraction of sp³-hybridized carbons (Fsp3) is 0.562. The predicted octanol–water partition coefficient (Wildman–Crippen LogP) is 3.51. The molecule has 3 unspecified atom stereocenters. The van der Waals surface area contributed by atoms with Gasteiger partial charge in [0.15, 0.2) is 0 Å². The van der Waals surface area contributed by atoms with Gasteiger partial charge in [-0.05, 0) is 43.0 Å². The number of rotatable bonds is 2. The lowest BCUT2D eigenvalue weighted by Gasteiger charge is -2.29. The summed E-state index contributed by atoms with van der Waals surface area (Å²) in [6, 6.07) is 5.84. The molecule has 2 aliphatic rings. The molecule has 0 bridgehead atoms. The van der Waals surface area contributed by atoms with Crippen molar-refractivity contribution in [1.29, 1.82) is 0 Å². The van der Waals surface area contributed by atoms with Crippen molar-refractivity contribution in [3.8, 4) is 0 Å². The minimum atomic E-state index is 0.105. The molecule has 2 saturated heterocycles. The van der Waals surface area contributed by atoms with Gasteiger partial charge in [-0.15, -0.1) is 0 Å². The Balaban J connectivity index is 1.81. The van der Waals surface area contributed by atoms with Gasteiger partial charge in [-0.1, -0.05) is 36.2 Å². The normalized spacial score (nSPS) is 29.1. The van der Waals surface area contributed by atoms with E-state index in [2.05, 4.69) is 12.2 Å². The molecule has 0 radical (unpaired) electrons. The first kappa shape index (κ1) is 15.1. The molecule has 1 aromatic carbocycles. The fourth-order valence-electron chi connectivity index (χ4n) is 3.45. The topological polar surface area (TPSA) is 32.3 Å². The smallest absolute Gasteiger partial charge is 0.227 e. The summed E-state index contributed by atoms with van der Waals surface area (Å²) >= 11 is 12.1. The van der Waals surface area contributed by atoms with Gasteiger partial charge in [0.25, 0.3) is 0 Å². The number of halogens is 2. The van der Waals surface area contributed by atoms with Crippen molar-refractivity contribution in [2.45, 2.75) is 25.8 Å². The van der Waals surface area contributed by atoms with Gasteiger partial charge in [0.1, 0.15) is 0 Å². The number of carbonyl (C=O) groups excluding carboxylic acids is 1. The molecule has 0 saturated carbocycles. The quantitative estimate of drug-likeness (QED) is 0.901. The van der Waals surface area contributed by atoms with E-state index in [1.807, 2.05) is 23.1 Å². The maximum atomic E-state index is 12.8. The summed E-state index contributed by atoms with van der Waals surface area (Å²) in [7, 11) is 0. The van der Waals surface area contributed by atoms with Crippen molar-refractivity contribution in [3.63, 3.8) is 0 Å². The van der Waals surface area contributed by atoms with Gasteiger partial charge in [-0.2, -0.15) is 0 Å². The number of nitrogens with one attached hydrogen (secondary N) is 1. The van der Waals surface area contributed by atoms with Crippen LogP contribution in [0.2, 0.25) is 10.0 Å². The average Bonchev–Trinajstić information content (AvgIpc) is 3.10. The molecule has 3 atom stereocenters. The van der Waals surface area contributed by atoms with Crippen LogP contribution in [0.3, 0.4) is 0 Å². The van der Waals surface area contributed by atoms with Gasteiger partial charge in [0, 0.05) is 13.1 Å². The third-order valence-corrected chi connectivity index (χ3v) is 5.44. The van der Waals surface area contributed by atoms with E-state index in [0.717, 1.165) is 38.0 Å². The largest absolute Gasteiger partial charge is 0.335 e. The van der Waals surface area contributed by atoms with Crippen LogP contribution in [0.15, 0.2) is 18.2 Å². The number of carbonyl (C=O) groups is 1. The van der Waals surface area contributed by atoms with Crippen LogP contribution in [-0.4, -0.2) is 30.4 Å². The molecule has 2 heterocycles. The van der Waals surface area contributed by atoms with Crippen LogP contribution in [-0.2, 0) is 4.79 Å². The van der Waals surface area contributed by atoms with Crippen LogP contribution >= 0.6 is 23.2 Å². The van der Waals surface area contributed by atoms with Crippen LogP contribution < -0.4 is 5.32 Å². The van der Waals surface area contributed by atoms with Gasteiger partial charge < -0.3 is 10.2 Å². The highest BCUT2D eigenvalue weighted by atomic mass is 35.5. The Kier molecular flexibility index (Phi) is 4.43. The van der Waals surface area contributed by atoms with Crippen LogP contribution in [0.5, 0.6) is 0 Å². The number of benzene rings is 1. The van der Waals surface area contributed by atoms with Crippen LogP contribution in [0.4, 0.5) is 0 Å². The molecule has 1 N–H and O–H groups in total. The number of hydrogen-bond donors (Lipinski definition) is 1. The zero-order valence-electron chi connectivity index (χ0n) is 12.1. The first-order chi connectivity index (χ1) is 10.1. The molecule has 3 rings (SSSR count). The van der Waals surface area contributed by atoms with Crippen LogP contribution in [0.25, 0.3) is 0 Å². The lowest BCUT2D eigenvalue weighted by Crippen LogP contribution is -2.38.